The van der Waals surface area contributed by atoms with E-state index in [1.807, 2.05) is 32.0 Å². The van der Waals surface area contributed by atoms with E-state index in [0.29, 0.717) is 17.2 Å². The lowest BCUT2D eigenvalue weighted by Gasteiger charge is -2.13. The van der Waals surface area contributed by atoms with Crippen LogP contribution in [0.4, 0.5) is 11.5 Å². The number of nitrogens with one attached hydrogen (secondary N) is 1. The van der Waals surface area contributed by atoms with Crippen molar-refractivity contribution in [2.45, 2.75) is 38.3 Å². The van der Waals surface area contributed by atoms with Gasteiger partial charge in [0.05, 0.1) is 17.7 Å². The maximum Gasteiger partial charge on any atom is 0.348 e. The second-order valence-corrected chi connectivity index (χ2v) is 9.54. The predicted octanol–water partition coefficient (Wildman–Crippen LogP) is 6.83. The number of esters is 1. The maximum atomic E-state index is 12.5. The van der Waals surface area contributed by atoms with E-state index < -0.39 is 0 Å². The average molecular weight is 464 g/mol. The zero-order valence-corrected chi connectivity index (χ0v) is 20.2. The molecule has 0 aliphatic rings. The average Bonchev–Trinajstić information content (AvgIpc) is 3.12. The fraction of sp³-hybridized carbons (Fsp3) is 0.240. The molecule has 0 amide bonds. The van der Waals surface area contributed by atoms with Gasteiger partial charge >= 0.3 is 5.97 Å². The Morgan fingerprint density at radius 3 is 2.62 bits per heavy atom. The van der Waals surface area contributed by atoms with E-state index >= 15 is 0 Å². The van der Waals surface area contributed by atoms with Crippen molar-refractivity contribution in [3.8, 4) is 0 Å². The van der Waals surface area contributed by atoms with Crippen LogP contribution < -0.4 is 5.32 Å². The molecule has 2 aromatic carbocycles. The quantitative estimate of drug-likeness (QED) is 0.239. The third-order valence-electron chi connectivity index (χ3n) is 5.05. The molecule has 0 fully saturated rings. The van der Waals surface area contributed by atoms with Crippen LogP contribution in [0.3, 0.4) is 0 Å². The van der Waals surface area contributed by atoms with Crippen molar-refractivity contribution in [3.05, 3.63) is 75.9 Å². The van der Waals surface area contributed by atoms with Gasteiger partial charge in [-0.1, -0.05) is 30.3 Å². The van der Waals surface area contributed by atoms with E-state index in [9.17, 15) is 4.79 Å². The van der Waals surface area contributed by atoms with Crippen LogP contribution in [0.15, 0.2) is 53.4 Å². The summed E-state index contributed by atoms with van der Waals surface area (Å²) in [6.07, 6.45) is 0. The summed E-state index contributed by atoms with van der Waals surface area (Å²) < 4.78 is 5.27. The number of thioether (sulfide) groups is 1. The fourth-order valence-electron chi connectivity index (χ4n) is 3.39. The monoisotopic (exact) mass is 463 g/mol. The SMILES string of the molecule is CCOC(=O)c1sc2nc(CSc3ccccc3)nc(Nc3cc(C)ccc3C)c2c1C. The summed E-state index contributed by atoms with van der Waals surface area (Å²) in [4.78, 5) is 24.7. The Bertz CT molecular complexity index is 1270. The molecule has 4 aromatic rings. The molecule has 0 bridgehead atoms. The number of fused-ring (bicyclic) bond motifs is 1. The maximum absolute atomic E-state index is 12.5. The summed E-state index contributed by atoms with van der Waals surface area (Å²) in [5, 5.41) is 4.38. The lowest BCUT2D eigenvalue weighted by molar-refractivity contribution is 0.0531. The number of hydrogen-bond acceptors (Lipinski definition) is 7. The van der Waals surface area contributed by atoms with E-state index in [0.717, 1.165) is 49.1 Å². The molecule has 0 atom stereocenters. The van der Waals surface area contributed by atoms with E-state index in [2.05, 4.69) is 49.5 Å². The van der Waals surface area contributed by atoms with Gasteiger partial charge in [0.2, 0.25) is 0 Å². The first kappa shape index (κ1) is 22.3. The number of aryl methyl sites for hydroxylation is 3. The van der Waals surface area contributed by atoms with Gasteiger partial charge in [0.15, 0.2) is 0 Å². The molecular weight excluding hydrogens is 438 g/mol. The van der Waals surface area contributed by atoms with Crippen molar-refractivity contribution in [2.24, 2.45) is 0 Å². The van der Waals surface area contributed by atoms with Crippen LogP contribution in [0.1, 0.15) is 39.1 Å². The molecule has 2 heterocycles. The number of hydrogen-bond donors (Lipinski definition) is 1. The molecule has 0 saturated heterocycles. The molecular formula is C25H25N3O2S2. The molecule has 0 spiro atoms. The molecule has 0 aliphatic carbocycles. The topological polar surface area (TPSA) is 64.1 Å². The summed E-state index contributed by atoms with van der Waals surface area (Å²) in [5.41, 5.74) is 4.13. The van der Waals surface area contributed by atoms with Crippen molar-refractivity contribution in [1.82, 2.24) is 9.97 Å². The summed E-state index contributed by atoms with van der Waals surface area (Å²) in [7, 11) is 0. The number of aromatic nitrogens is 2. The first-order valence-electron chi connectivity index (χ1n) is 10.5. The van der Waals surface area contributed by atoms with Crippen molar-refractivity contribution in [1.29, 1.82) is 0 Å². The van der Waals surface area contributed by atoms with Crippen LogP contribution in [-0.2, 0) is 10.5 Å². The number of ether oxygens (including phenoxy) is 1. The second-order valence-electron chi connectivity index (χ2n) is 7.49. The van der Waals surface area contributed by atoms with Crippen LogP contribution in [0, 0.1) is 20.8 Å². The molecule has 164 valence electrons. The van der Waals surface area contributed by atoms with E-state index in [1.165, 1.54) is 11.3 Å². The van der Waals surface area contributed by atoms with Gasteiger partial charge in [0.1, 0.15) is 21.3 Å². The highest BCUT2D eigenvalue weighted by molar-refractivity contribution is 7.98. The number of carbonyl (C=O) groups is 1. The van der Waals surface area contributed by atoms with Gasteiger partial charge in [-0.25, -0.2) is 14.8 Å². The minimum absolute atomic E-state index is 0.314. The third-order valence-corrected chi connectivity index (χ3v) is 7.23. The van der Waals surface area contributed by atoms with Crippen molar-refractivity contribution in [3.63, 3.8) is 0 Å². The molecule has 7 heteroatoms. The minimum atomic E-state index is -0.314. The zero-order valence-electron chi connectivity index (χ0n) is 18.6. The lowest BCUT2D eigenvalue weighted by Crippen LogP contribution is -2.04. The number of nitrogens with zero attached hydrogens (tertiary/aromatic N) is 2. The number of rotatable bonds is 7. The largest absolute Gasteiger partial charge is 0.462 e. The molecule has 32 heavy (non-hydrogen) atoms. The van der Waals surface area contributed by atoms with Gasteiger partial charge in [0, 0.05) is 10.6 Å². The standard InChI is InChI=1S/C25H25N3O2S2/c1-5-30-25(29)22-17(4)21-23(26-19-13-15(2)11-12-16(19)3)27-20(28-24(21)32-22)14-31-18-9-7-6-8-10-18/h6-13H,5,14H2,1-4H3,(H,26,27,28). The molecule has 5 nitrogen and oxygen atoms in total. The smallest absolute Gasteiger partial charge is 0.348 e. The van der Waals surface area contributed by atoms with Crippen LogP contribution >= 0.6 is 23.1 Å². The zero-order chi connectivity index (χ0) is 22.7. The van der Waals surface area contributed by atoms with Crippen molar-refractivity contribution >= 4 is 50.8 Å². The highest BCUT2D eigenvalue weighted by Crippen LogP contribution is 2.37. The highest BCUT2D eigenvalue weighted by Gasteiger charge is 2.22. The van der Waals surface area contributed by atoms with Gasteiger partial charge in [0.25, 0.3) is 0 Å². The normalized spacial score (nSPS) is 11.0. The Balaban J connectivity index is 1.78. The van der Waals surface area contributed by atoms with E-state index in [-0.39, 0.29) is 5.97 Å². The Morgan fingerprint density at radius 2 is 1.88 bits per heavy atom. The van der Waals surface area contributed by atoms with Crippen LogP contribution in [-0.4, -0.2) is 22.5 Å². The van der Waals surface area contributed by atoms with Crippen LogP contribution in [0.25, 0.3) is 10.2 Å². The van der Waals surface area contributed by atoms with Crippen molar-refractivity contribution < 1.29 is 9.53 Å². The lowest BCUT2D eigenvalue weighted by atomic mass is 10.1. The van der Waals surface area contributed by atoms with Gasteiger partial charge < -0.3 is 10.1 Å². The fourth-order valence-corrected chi connectivity index (χ4v) is 5.26. The molecule has 0 aliphatic heterocycles. The van der Waals surface area contributed by atoms with E-state index in [1.54, 1.807) is 11.8 Å². The van der Waals surface area contributed by atoms with Gasteiger partial charge in [-0.05, 0) is 62.6 Å². The van der Waals surface area contributed by atoms with E-state index in [4.69, 9.17) is 14.7 Å². The second kappa shape index (κ2) is 9.71. The molecule has 0 radical (unpaired) electrons. The number of carbonyl (C=O) groups excluding carboxylic acids is 1. The summed E-state index contributed by atoms with van der Waals surface area (Å²) in [6.45, 7) is 8.21. The summed E-state index contributed by atoms with van der Waals surface area (Å²) >= 11 is 3.05. The number of thiophene rings is 1. The van der Waals surface area contributed by atoms with Gasteiger partial charge in [-0.2, -0.15) is 0 Å². The van der Waals surface area contributed by atoms with Crippen LogP contribution in [0.5, 0.6) is 0 Å². The molecule has 0 saturated carbocycles. The molecule has 0 unspecified atom stereocenters. The third kappa shape index (κ3) is 4.79. The van der Waals surface area contributed by atoms with Crippen molar-refractivity contribution in [2.75, 3.05) is 11.9 Å². The van der Waals surface area contributed by atoms with Gasteiger partial charge in [-0.3, -0.25) is 0 Å². The Labute approximate surface area is 196 Å². The Morgan fingerprint density at radius 1 is 1.09 bits per heavy atom. The minimum Gasteiger partial charge on any atom is -0.462 e. The highest BCUT2D eigenvalue weighted by atomic mass is 32.2. The summed E-state index contributed by atoms with van der Waals surface area (Å²) in [6, 6.07) is 16.5. The molecule has 1 N–H and O–H groups in total. The molecule has 4 rings (SSSR count). The Hall–Kier alpha value is -2.90. The van der Waals surface area contributed by atoms with Gasteiger partial charge in [-0.15, -0.1) is 23.1 Å². The number of benzene rings is 2. The predicted molar refractivity (Wildman–Crippen MR) is 133 cm³/mol. The summed E-state index contributed by atoms with van der Waals surface area (Å²) in [5.74, 6) is 1.76. The molecule has 2 aromatic heterocycles. The first-order chi connectivity index (χ1) is 15.5. The Kier molecular flexibility index (Phi) is 6.77. The van der Waals surface area contributed by atoms with Crippen LogP contribution in [0.2, 0.25) is 0 Å². The first-order valence-corrected chi connectivity index (χ1v) is 12.3. The number of anilines is 2.